The zero-order valence-corrected chi connectivity index (χ0v) is 25.6. The molecule has 0 atom stereocenters. The van der Waals surface area contributed by atoms with E-state index in [0.717, 1.165) is 36.8 Å². The predicted octanol–water partition coefficient (Wildman–Crippen LogP) is 9.95. The smallest absolute Gasteiger partial charge is 0.395 e. The first-order chi connectivity index (χ1) is 18.7. The molecule has 9 heteroatoms. The highest BCUT2D eigenvalue weighted by molar-refractivity contribution is 7.61. The van der Waals surface area contributed by atoms with Crippen molar-refractivity contribution in [2.75, 3.05) is 0 Å². The van der Waals surface area contributed by atoms with E-state index in [1.807, 2.05) is 24.3 Å². The number of benzene rings is 2. The van der Waals surface area contributed by atoms with Crippen LogP contribution in [0, 0.1) is 0 Å². The van der Waals surface area contributed by atoms with E-state index in [9.17, 15) is 18.9 Å². The largest absolute Gasteiger partial charge is 0.596 e. The van der Waals surface area contributed by atoms with Crippen molar-refractivity contribution < 1.29 is 32.3 Å². The molecule has 0 aliphatic heterocycles. The summed E-state index contributed by atoms with van der Waals surface area (Å²) >= 11 is 0. The Balaban J connectivity index is 1.88. The summed E-state index contributed by atoms with van der Waals surface area (Å²) in [5.41, 5.74) is 2.22. The van der Waals surface area contributed by atoms with Gasteiger partial charge in [0, 0.05) is 0 Å². The second-order valence-electron chi connectivity index (χ2n) is 10.2. The van der Waals surface area contributed by atoms with Gasteiger partial charge in [-0.2, -0.15) is 4.31 Å². The van der Waals surface area contributed by atoms with Gasteiger partial charge in [-0.1, -0.05) is 115 Å². The first-order valence-corrected chi connectivity index (χ1v) is 17.7. The van der Waals surface area contributed by atoms with Gasteiger partial charge in [-0.3, -0.25) is 0 Å². The summed E-state index contributed by atoms with van der Waals surface area (Å²) in [7, 11) is -9.81. The zero-order valence-electron chi connectivity index (χ0n) is 23.8. The molecule has 7 nitrogen and oxygen atoms in total. The van der Waals surface area contributed by atoms with Gasteiger partial charge in [-0.25, -0.2) is 9.13 Å². The van der Waals surface area contributed by atoms with Crippen molar-refractivity contribution in [2.24, 2.45) is 0 Å². The van der Waals surface area contributed by atoms with E-state index in [4.69, 9.17) is 9.05 Å². The van der Waals surface area contributed by atoms with E-state index in [1.165, 1.54) is 77.0 Å². The maximum Gasteiger partial charge on any atom is 0.596 e. The van der Waals surface area contributed by atoms with E-state index in [1.54, 1.807) is 24.3 Å². The van der Waals surface area contributed by atoms with Gasteiger partial charge in [-0.15, -0.1) is 0 Å². The first kappa shape index (κ1) is 33.6. The molecule has 0 saturated carbocycles. The predicted molar refractivity (Wildman–Crippen MR) is 158 cm³/mol. The molecule has 0 fully saturated rings. The SMILES string of the molecule is CCCCCCCCCc1ccc(OP(=O)(Oc2ccc(CCCCCCCCC)cc2)OP(=O)(O)O)cc1. The summed E-state index contributed by atoms with van der Waals surface area (Å²) in [5, 5.41) is 0. The van der Waals surface area contributed by atoms with E-state index >= 15 is 0 Å². The second-order valence-corrected chi connectivity index (χ2v) is 13.1. The zero-order chi connectivity index (χ0) is 28.4. The quantitative estimate of drug-likeness (QED) is 0.105. The summed E-state index contributed by atoms with van der Waals surface area (Å²) < 4.78 is 40.0. The van der Waals surface area contributed by atoms with Crippen LogP contribution < -0.4 is 9.05 Å². The van der Waals surface area contributed by atoms with Crippen LogP contribution in [-0.4, -0.2) is 9.79 Å². The highest BCUT2D eigenvalue weighted by atomic mass is 31.3. The molecule has 0 aromatic heterocycles. The van der Waals surface area contributed by atoms with Crippen LogP contribution in [0.5, 0.6) is 11.5 Å². The molecule has 2 aromatic carbocycles. The van der Waals surface area contributed by atoms with Gasteiger partial charge in [0.15, 0.2) is 0 Å². The third-order valence-electron chi connectivity index (χ3n) is 6.63. The fourth-order valence-corrected chi connectivity index (χ4v) is 6.55. The second kappa shape index (κ2) is 18.7. The lowest BCUT2D eigenvalue weighted by Gasteiger charge is -2.19. The Morgan fingerprint density at radius 2 is 0.872 bits per heavy atom. The maximum absolute atomic E-state index is 13.2. The van der Waals surface area contributed by atoms with Gasteiger partial charge in [0.1, 0.15) is 11.5 Å². The van der Waals surface area contributed by atoms with E-state index < -0.39 is 15.6 Å². The number of rotatable bonds is 22. The summed E-state index contributed by atoms with van der Waals surface area (Å²) in [6.07, 6.45) is 19.1. The molecule has 0 saturated heterocycles. The number of hydrogen-bond acceptors (Lipinski definition) is 5. The highest BCUT2D eigenvalue weighted by Gasteiger charge is 2.39. The normalized spacial score (nSPS) is 12.0. The molecule has 0 radical (unpaired) electrons. The van der Waals surface area contributed by atoms with E-state index in [2.05, 4.69) is 18.2 Å². The number of hydrogen-bond donors (Lipinski definition) is 2. The Hall–Kier alpha value is -1.62. The minimum Gasteiger partial charge on any atom is -0.395 e. The lowest BCUT2D eigenvalue weighted by Crippen LogP contribution is -2.04. The van der Waals surface area contributed by atoms with Crippen molar-refractivity contribution in [1.29, 1.82) is 0 Å². The van der Waals surface area contributed by atoms with Crippen molar-refractivity contribution in [3.8, 4) is 11.5 Å². The summed E-state index contributed by atoms with van der Waals surface area (Å²) in [6.45, 7) is 4.43. The minimum absolute atomic E-state index is 0.144. The molecule has 2 N–H and O–H groups in total. The van der Waals surface area contributed by atoms with Crippen molar-refractivity contribution in [3.63, 3.8) is 0 Å². The van der Waals surface area contributed by atoms with Crippen molar-refractivity contribution >= 4 is 15.6 Å². The van der Waals surface area contributed by atoms with Gasteiger partial charge in [-0.05, 0) is 61.1 Å². The summed E-state index contributed by atoms with van der Waals surface area (Å²) in [5.74, 6) is 0.288. The molecule has 2 aromatic rings. The van der Waals surface area contributed by atoms with Crippen LogP contribution in [0.1, 0.15) is 115 Å². The van der Waals surface area contributed by atoms with Crippen LogP contribution in [-0.2, 0) is 26.3 Å². The standard InChI is InChI=1S/C30H48O7P2/c1-3-5-7-9-11-13-15-17-27-19-23-29(24-20-27)35-39(34,37-38(31,32)33)36-30-25-21-28(22-26-30)18-16-14-12-10-8-6-4-2/h19-26H,3-18H2,1-2H3,(H2,31,32,33). The number of phosphoric ester groups is 1. The monoisotopic (exact) mass is 582 g/mol. The Morgan fingerprint density at radius 3 is 1.21 bits per heavy atom. The lowest BCUT2D eigenvalue weighted by atomic mass is 10.0. The molecule has 0 spiro atoms. The van der Waals surface area contributed by atoms with Crippen LogP contribution in [0.3, 0.4) is 0 Å². The Labute approximate surface area is 235 Å². The molecule has 0 aliphatic carbocycles. The number of unbranched alkanes of at least 4 members (excludes halogenated alkanes) is 12. The Morgan fingerprint density at radius 1 is 0.538 bits per heavy atom. The molecule has 0 amide bonds. The van der Waals surface area contributed by atoms with Gasteiger partial charge < -0.3 is 18.8 Å². The molecular weight excluding hydrogens is 534 g/mol. The average Bonchev–Trinajstić information content (AvgIpc) is 2.88. The number of aryl methyl sites for hydroxylation is 2. The van der Waals surface area contributed by atoms with Crippen LogP contribution in [0.15, 0.2) is 48.5 Å². The molecule has 0 bridgehead atoms. The highest BCUT2D eigenvalue weighted by Crippen LogP contribution is 2.60. The Bertz CT molecular complexity index is 935. The van der Waals surface area contributed by atoms with Crippen molar-refractivity contribution in [2.45, 2.75) is 117 Å². The van der Waals surface area contributed by atoms with E-state index in [-0.39, 0.29) is 11.5 Å². The van der Waals surface area contributed by atoms with Gasteiger partial charge in [0.2, 0.25) is 0 Å². The first-order valence-electron chi connectivity index (χ1n) is 14.7. The number of phosphoric acid groups is 2. The van der Waals surface area contributed by atoms with Gasteiger partial charge >= 0.3 is 15.6 Å². The maximum atomic E-state index is 13.2. The molecule has 220 valence electrons. The van der Waals surface area contributed by atoms with E-state index in [0.29, 0.717) is 0 Å². The van der Waals surface area contributed by atoms with Crippen LogP contribution in [0.2, 0.25) is 0 Å². The molecule has 39 heavy (non-hydrogen) atoms. The summed E-state index contributed by atoms with van der Waals surface area (Å²) in [4.78, 5) is 18.7. The molecule has 0 aliphatic rings. The lowest BCUT2D eigenvalue weighted by molar-refractivity contribution is 0.233. The van der Waals surface area contributed by atoms with Crippen LogP contribution in [0.25, 0.3) is 0 Å². The fourth-order valence-electron chi connectivity index (χ4n) is 4.45. The summed E-state index contributed by atoms with van der Waals surface area (Å²) in [6, 6.07) is 13.9. The Kier molecular flexibility index (Phi) is 16.1. The van der Waals surface area contributed by atoms with Crippen LogP contribution in [0.4, 0.5) is 0 Å². The molecule has 0 heterocycles. The third kappa shape index (κ3) is 15.7. The third-order valence-corrected chi connectivity index (χ3v) is 9.15. The average molecular weight is 583 g/mol. The molecule has 2 rings (SSSR count). The topological polar surface area (TPSA) is 102 Å². The van der Waals surface area contributed by atoms with Crippen LogP contribution >= 0.6 is 15.6 Å². The molecule has 0 unspecified atom stereocenters. The van der Waals surface area contributed by atoms with Crippen molar-refractivity contribution in [3.05, 3.63) is 59.7 Å². The van der Waals surface area contributed by atoms with Gasteiger partial charge in [0.25, 0.3) is 0 Å². The minimum atomic E-state index is -5.15. The molecular formula is C30H48O7P2. The van der Waals surface area contributed by atoms with Gasteiger partial charge in [0.05, 0.1) is 0 Å². The van der Waals surface area contributed by atoms with Crippen molar-refractivity contribution in [1.82, 2.24) is 0 Å². The fraction of sp³-hybridized carbons (Fsp3) is 0.600.